The highest BCUT2D eigenvalue weighted by Gasteiger charge is 2.18. The molecule has 6 nitrogen and oxygen atoms in total. The van der Waals surface area contributed by atoms with Crippen LogP contribution in [0.3, 0.4) is 0 Å². The first-order chi connectivity index (χ1) is 9.48. The number of anilines is 2. The lowest BCUT2D eigenvalue weighted by atomic mass is 10.0. The van der Waals surface area contributed by atoms with E-state index in [1.807, 2.05) is 12.1 Å². The zero-order chi connectivity index (χ0) is 14.6. The van der Waals surface area contributed by atoms with Crippen molar-refractivity contribution in [1.82, 2.24) is 4.90 Å². The van der Waals surface area contributed by atoms with Crippen LogP contribution < -0.4 is 10.0 Å². The van der Waals surface area contributed by atoms with Gasteiger partial charge in [-0.25, -0.2) is 8.42 Å². The second-order valence-corrected chi connectivity index (χ2v) is 6.73. The first-order valence-corrected chi connectivity index (χ1v) is 8.40. The summed E-state index contributed by atoms with van der Waals surface area (Å²) in [7, 11) is -3.30. The Morgan fingerprint density at radius 2 is 1.80 bits per heavy atom. The minimum atomic E-state index is -3.30. The predicted molar refractivity (Wildman–Crippen MR) is 79.2 cm³/mol. The van der Waals surface area contributed by atoms with Crippen LogP contribution >= 0.6 is 0 Å². The molecule has 0 radical (unpaired) electrons. The van der Waals surface area contributed by atoms with Crippen molar-refractivity contribution < 1.29 is 13.2 Å². The van der Waals surface area contributed by atoms with E-state index >= 15 is 0 Å². The normalized spacial score (nSPS) is 16.8. The van der Waals surface area contributed by atoms with E-state index in [2.05, 4.69) is 10.0 Å². The van der Waals surface area contributed by atoms with Gasteiger partial charge in [-0.2, -0.15) is 0 Å². The molecule has 0 aromatic heterocycles. The van der Waals surface area contributed by atoms with Crippen molar-refractivity contribution in [2.75, 3.05) is 29.4 Å². The number of amides is 1. The zero-order valence-corrected chi connectivity index (χ0v) is 12.2. The zero-order valence-electron chi connectivity index (χ0n) is 11.4. The molecule has 1 amide bonds. The van der Waals surface area contributed by atoms with Gasteiger partial charge in [0.05, 0.1) is 17.6 Å². The molecule has 1 saturated heterocycles. The Morgan fingerprint density at radius 1 is 1.20 bits per heavy atom. The predicted octanol–water partition coefficient (Wildman–Crippen LogP) is 1.09. The highest BCUT2D eigenvalue weighted by atomic mass is 32.2. The summed E-state index contributed by atoms with van der Waals surface area (Å²) in [4.78, 5) is 12.4. The SMILES string of the molecule is CS(=O)(=O)Nc1ccccc1NC1CCN(C=O)CC1. The van der Waals surface area contributed by atoms with E-state index in [0.29, 0.717) is 5.69 Å². The maximum Gasteiger partial charge on any atom is 0.229 e. The molecule has 1 aromatic rings. The van der Waals surface area contributed by atoms with Crippen molar-refractivity contribution in [3.63, 3.8) is 0 Å². The molecule has 1 aromatic carbocycles. The van der Waals surface area contributed by atoms with Gasteiger partial charge in [0.2, 0.25) is 16.4 Å². The number of carbonyl (C=O) groups is 1. The standard InChI is InChI=1S/C13H19N3O3S/c1-20(18,19)15-13-5-3-2-4-12(13)14-11-6-8-16(10-17)9-7-11/h2-5,10-11,14-15H,6-9H2,1H3. The summed E-state index contributed by atoms with van der Waals surface area (Å²) in [5.74, 6) is 0. The molecule has 1 aliphatic rings. The monoisotopic (exact) mass is 297 g/mol. The fourth-order valence-corrected chi connectivity index (χ4v) is 2.84. The molecular weight excluding hydrogens is 278 g/mol. The van der Waals surface area contributed by atoms with E-state index in [1.54, 1.807) is 17.0 Å². The molecule has 0 bridgehead atoms. The van der Waals surface area contributed by atoms with Crippen LogP contribution in [0.25, 0.3) is 0 Å². The highest BCUT2D eigenvalue weighted by Crippen LogP contribution is 2.24. The molecule has 0 saturated carbocycles. The third kappa shape index (κ3) is 4.12. The van der Waals surface area contributed by atoms with E-state index in [9.17, 15) is 13.2 Å². The van der Waals surface area contributed by atoms with Crippen molar-refractivity contribution in [2.24, 2.45) is 0 Å². The number of carbonyl (C=O) groups excluding carboxylic acids is 1. The van der Waals surface area contributed by atoms with Crippen molar-refractivity contribution in [3.05, 3.63) is 24.3 Å². The van der Waals surface area contributed by atoms with E-state index in [1.165, 1.54) is 0 Å². The third-order valence-electron chi connectivity index (χ3n) is 3.26. The van der Waals surface area contributed by atoms with Gasteiger partial charge < -0.3 is 10.2 Å². The second-order valence-electron chi connectivity index (χ2n) is 4.98. The number of sulfonamides is 1. The molecule has 2 N–H and O–H groups in total. The topological polar surface area (TPSA) is 78.5 Å². The number of hydrogen-bond acceptors (Lipinski definition) is 4. The maximum atomic E-state index is 11.3. The van der Waals surface area contributed by atoms with Gasteiger partial charge in [0.15, 0.2) is 0 Å². The number of piperidine rings is 1. The molecule has 0 atom stereocenters. The number of nitrogens with zero attached hydrogens (tertiary/aromatic N) is 1. The van der Waals surface area contributed by atoms with E-state index < -0.39 is 10.0 Å². The summed E-state index contributed by atoms with van der Waals surface area (Å²) >= 11 is 0. The average Bonchev–Trinajstić information content (AvgIpc) is 2.40. The van der Waals surface area contributed by atoms with Gasteiger partial charge in [-0.1, -0.05) is 12.1 Å². The first-order valence-electron chi connectivity index (χ1n) is 6.50. The highest BCUT2D eigenvalue weighted by molar-refractivity contribution is 7.92. The Bertz CT molecular complexity index is 566. The van der Waals surface area contributed by atoms with Gasteiger partial charge in [-0.15, -0.1) is 0 Å². The summed E-state index contributed by atoms with van der Waals surface area (Å²) in [6.45, 7) is 1.45. The van der Waals surface area contributed by atoms with Crippen LogP contribution in [0.5, 0.6) is 0 Å². The van der Waals surface area contributed by atoms with Crippen LogP contribution in [0.1, 0.15) is 12.8 Å². The summed E-state index contributed by atoms with van der Waals surface area (Å²) < 4.78 is 25.2. The molecule has 1 aliphatic heterocycles. The van der Waals surface area contributed by atoms with Crippen LogP contribution in [0.2, 0.25) is 0 Å². The molecular formula is C13H19N3O3S. The van der Waals surface area contributed by atoms with Gasteiger partial charge in [-0.05, 0) is 25.0 Å². The minimum Gasteiger partial charge on any atom is -0.380 e. The molecule has 1 fully saturated rings. The molecule has 110 valence electrons. The Balaban J connectivity index is 2.04. The number of benzene rings is 1. The van der Waals surface area contributed by atoms with Crippen molar-refractivity contribution in [1.29, 1.82) is 0 Å². The van der Waals surface area contributed by atoms with Gasteiger partial charge in [0, 0.05) is 19.1 Å². The van der Waals surface area contributed by atoms with Crippen LogP contribution in [-0.2, 0) is 14.8 Å². The summed E-state index contributed by atoms with van der Waals surface area (Å²) in [5.41, 5.74) is 1.32. The average molecular weight is 297 g/mol. The fourth-order valence-electron chi connectivity index (χ4n) is 2.27. The fraction of sp³-hybridized carbons (Fsp3) is 0.462. The lowest BCUT2D eigenvalue weighted by Crippen LogP contribution is -2.38. The van der Waals surface area contributed by atoms with Gasteiger partial charge in [0.25, 0.3) is 0 Å². The number of para-hydroxylation sites is 2. The lowest BCUT2D eigenvalue weighted by Gasteiger charge is -2.30. The molecule has 20 heavy (non-hydrogen) atoms. The molecule has 0 spiro atoms. The minimum absolute atomic E-state index is 0.244. The van der Waals surface area contributed by atoms with Crippen LogP contribution in [0.15, 0.2) is 24.3 Å². The van der Waals surface area contributed by atoms with E-state index in [4.69, 9.17) is 0 Å². The van der Waals surface area contributed by atoms with Crippen molar-refractivity contribution in [3.8, 4) is 0 Å². The summed E-state index contributed by atoms with van der Waals surface area (Å²) in [5, 5.41) is 3.35. The molecule has 0 unspecified atom stereocenters. The largest absolute Gasteiger partial charge is 0.380 e. The second kappa shape index (κ2) is 6.13. The molecule has 0 aliphatic carbocycles. The van der Waals surface area contributed by atoms with Gasteiger partial charge in [0.1, 0.15) is 0 Å². The Kier molecular flexibility index (Phi) is 4.49. The Hall–Kier alpha value is -1.76. The first kappa shape index (κ1) is 14.6. The number of likely N-dealkylation sites (tertiary alicyclic amines) is 1. The summed E-state index contributed by atoms with van der Waals surface area (Å²) in [6.07, 6.45) is 3.71. The van der Waals surface area contributed by atoms with Crippen molar-refractivity contribution in [2.45, 2.75) is 18.9 Å². The van der Waals surface area contributed by atoms with Gasteiger partial charge >= 0.3 is 0 Å². The van der Waals surface area contributed by atoms with Crippen LogP contribution in [-0.4, -0.2) is 45.1 Å². The third-order valence-corrected chi connectivity index (χ3v) is 3.85. The maximum absolute atomic E-state index is 11.3. The van der Waals surface area contributed by atoms with Crippen LogP contribution in [0.4, 0.5) is 11.4 Å². The van der Waals surface area contributed by atoms with Crippen LogP contribution in [0, 0.1) is 0 Å². The molecule has 2 rings (SSSR count). The van der Waals surface area contributed by atoms with E-state index in [-0.39, 0.29) is 6.04 Å². The van der Waals surface area contributed by atoms with Crippen molar-refractivity contribution >= 4 is 27.8 Å². The number of nitrogens with one attached hydrogen (secondary N) is 2. The quantitative estimate of drug-likeness (QED) is 0.798. The number of hydrogen-bond donors (Lipinski definition) is 2. The molecule has 7 heteroatoms. The smallest absolute Gasteiger partial charge is 0.229 e. The Morgan fingerprint density at radius 3 is 2.35 bits per heavy atom. The molecule has 1 heterocycles. The van der Waals surface area contributed by atoms with Gasteiger partial charge in [-0.3, -0.25) is 9.52 Å². The summed E-state index contributed by atoms with van der Waals surface area (Å²) in [6, 6.07) is 7.46. The Labute approximate surface area is 119 Å². The number of rotatable bonds is 5. The lowest BCUT2D eigenvalue weighted by molar-refractivity contribution is -0.118. The van der Waals surface area contributed by atoms with E-state index in [0.717, 1.165) is 44.3 Å².